The Kier molecular flexibility index (Phi) is 15.1. The van der Waals surface area contributed by atoms with Crippen LogP contribution in [0.5, 0.6) is 0 Å². The molecule has 0 saturated carbocycles. The molecule has 5 aromatic carbocycles. The molecule has 3 aliphatic heterocycles. The predicted molar refractivity (Wildman–Crippen MR) is 231 cm³/mol. The summed E-state index contributed by atoms with van der Waals surface area (Å²) in [7, 11) is 1.22. The number of carbonyl (C=O) groups is 4. The Morgan fingerprint density at radius 2 is 1.14 bits per heavy atom. The lowest BCUT2D eigenvalue weighted by Gasteiger charge is -2.51. The first-order chi connectivity index (χ1) is 31.7. The Labute approximate surface area is 376 Å². The van der Waals surface area contributed by atoms with Crippen molar-refractivity contribution in [1.82, 2.24) is 0 Å². The Morgan fingerprint density at radius 3 is 1.72 bits per heavy atom. The van der Waals surface area contributed by atoms with Crippen molar-refractivity contribution in [2.75, 3.05) is 20.3 Å². The second-order valence-corrected chi connectivity index (χ2v) is 15.8. The Hall–Kier alpha value is -6.26. The summed E-state index contributed by atoms with van der Waals surface area (Å²) in [6.07, 6.45) is -10.8. The van der Waals surface area contributed by atoms with E-state index in [0.29, 0.717) is 0 Å². The van der Waals surface area contributed by atoms with Gasteiger partial charge >= 0.3 is 23.9 Å². The summed E-state index contributed by atoms with van der Waals surface area (Å²) in [5, 5.41) is 0. The van der Waals surface area contributed by atoms with Gasteiger partial charge < -0.3 is 47.4 Å². The molecule has 338 valence electrons. The number of hydrogen-bond acceptors (Lipinski definition) is 14. The minimum Gasteiger partial charge on any atom is -0.469 e. The second-order valence-electron chi connectivity index (χ2n) is 15.8. The van der Waals surface area contributed by atoms with Gasteiger partial charge in [0, 0.05) is 5.56 Å². The highest BCUT2D eigenvalue weighted by atomic mass is 16.8. The number of fused-ring (bicyclic) bond motifs is 1. The minimum absolute atomic E-state index is 0.137. The molecule has 3 heterocycles. The molecule has 14 nitrogen and oxygen atoms in total. The number of benzene rings is 5. The molecule has 3 aliphatic rings. The number of methoxy groups -OCH3 is 1. The summed E-state index contributed by atoms with van der Waals surface area (Å²) < 4.78 is 63.5. The van der Waals surface area contributed by atoms with Gasteiger partial charge in [-0.1, -0.05) is 115 Å². The molecule has 0 amide bonds. The van der Waals surface area contributed by atoms with Crippen LogP contribution in [-0.4, -0.2) is 99.3 Å². The first kappa shape index (κ1) is 45.3. The monoisotopic (exact) mass is 886 g/mol. The summed E-state index contributed by atoms with van der Waals surface area (Å²) in [4.78, 5) is 55.0. The van der Waals surface area contributed by atoms with Crippen LogP contribution in [0.25, 0.3) is 0 Å². The maximum Gasteiger partial charge on any atom is 0.338 e. The van der Waals surface area contributed by atoms with Crippen LogP contribution in [0.15, 0.2) is 152 Å². The van der Waals surface area contributed by atoms with Crippen LogP contribution in [0.3, 0.4) is 0 Å². The van der Waals surface area contributed by atoms with Crippen LogP contribution < -0.4 is 0 Å². The van der Waals surface area contributed by atoms with Crippen molar-refractivity contribution in [2.45, 2.75) is 81.4 Å². The average molecular weight is 887 g/mol. The zero-order chi connectivity index (χ0) is 45.1. The summed E-state index contributed by atoms with van der Waals surface area (Å²) in [6, 6.07) is 43.8. The third-order valence-electron chi connectivity index (χ3n) is 11.5. The zero-order valence-corrected chi connectivity index (χ0v) is 35.8. The third-order valence-corrected chi connectivity index (χ3v) is 11.5. The maximum atomic E-state index is 14.1. The van der Waals surface area contributed by atoms with Gasteiger partial charge in [-0.2, -0.15) is 0 Å². The van der Waals surface area contributed by atoms with E-state index in [9.17, 15) is 19.2 Å². The van der Waals surface area contributed by atoms with E-state index in [1.165, 1.54) is 7.11 Å². The number of hydrogen-bond donors (Lipinski definition) is 0. The number of carbonyl (C=O) groups excluding carboxylic acids is 4. The minimum atomic E-state index is -1.52. The standard InChI is InChI=1S/C51H50O14/c1-32-42(57-29-33-18-8-3-9-19-33)46(45-40(60-32)31-59-50(64-45)37-26-16-7-17-27-37)65-51-44(63-49(55)36-24-14-6-15-25-36)38(28-41(52)56-2)43(62-48(54)35-22-12-5-13-23-35)39(61-51)30-58-47(53)34-20-10-4-11-21-34/h3-27,32,38-40,42-46,50-51H,28-31H2,1-2H3/t32-,38?,39?,40?,42-,43+,44+,45-,46?,50?,51-/m0/s1. The largest absolute Gasteiger partial charge is 0.469 e. The average Bonchev–Trinajstić information content (AvgIpc) is 3.35. The number of rotatable bonds is 15. The van der Waals surface area contributed by atoms with Crippen molar-refractivity contribution in [3.8, 4) is 0 Å². The molecule has 11 atom stereocenters. The highest BCUT2D eigenvalue weighted by Crippen LogP contribution is 2.41. The van der Waals surface area contributed by atoms with E-state index in [0.717, 1.165) is 11.1 Å². The molecule has 0 spiro atoms. The van der Waals surface area contributed by atoms with Crippen LogP contribution in [0.4, 0.5) is 0 Å². The Balaban J connectivity index is 1.20. The zero-order valence-electron chi connectivity index (χ0n) is 35.8. The number of ether oxygens (including phenoxy) is 10. The van der Waals surface area contributed by atoms with Gasteiger partial charge in [-0.25, -0.2) is 14.4 Å². The Bertz CT molecular complexity index is 2320. The van der Waals surface area contributed by atoms with Crippen molar-refractivity contribution in [3.63, 3.8) is 0 Å². The first-order valence-electron chi connectivity index (χ1n) is 21.5. The van der Waals surface area contributed by atoms with E-state index < -0.39 is 104 Å². The quantitative estimate of drug-likeness (QED) is 0.0776. The van der Waals surface area contributed by atoms with Crippen LogP contribution >= 0.6 is 0 Å². The van der Waals surface area contributed by atoms with Gasteiger partial charge in [0.15, 0.2) is 18.7 Å². The van der Waals surface area contributed by atoms with Gasteiger partial charge in [0.05, 0.1) is 55.5 Å². The molecule has 0 bridgehead atoms. The molecule has 14 heteroatoms. The maximum absolute atomic E-state index is 14.1. The molecule has 5 unspecified atom stereocenters. The fourth-order valence-corrected chi connectivity index (χ4v) is 8.25. The normalized spacial score (nSPS) is 27.3. The molecular weight excluding hydrogens is 837 g/mol. The summed E-state index contributed by atoms with van der Waals surface area (Å²) in [6.45, 7) is 1.69. The van der Waals surface area contributed by atoms with Crippen molar-refractivity contribution in [3.05, 3.63) is 179 Å². The lowest BCUT2D eigenvalue weighted by atomic mass is 9.85. The second kappa shape index (κ2) is 21.6. The Morgan fingerprint density at radius 1 is 0.600 bits per heavy atom. The van der Waals surface area contributed by atoms with Gasteiger partial charge in [-0.05, 0) is 48.9 Å². The van der Waals surface area contributed by atoms with Gasteiger partial charge in [-0.3, -0.25) is 4.79 Å². The van der Waals surface area contributed by atoms with E-state index in [1.807, 2.05) is 67.6 Å². The molecule has 0 radical (unpaired) electrons. The van der Waals surface area contributed by atoms with Crippen LogP contribution in [-0.2, 0) is 58.8 Å². The summed E-state index contributed by atoms with van der Waals surface area (Å²) in [5.74, 6) is -4.11. The van der Waals surface area contributed by atoms with E-state index in [2.05, 4.69) is 0 Å². The lowest BCUT2D eigenvalue weighted by molar-refractivity contribution is -0.371. The SMILES string of the molecule is COC(=O)CC1[C@@H](OC(=O)c2ccccc2)C(COC(=O)c2ccccc2)O[C@@H](OC2[C@H]3OC(c4ccccc4)OCC3O[C@@H](C)[C@@H]2OCc2ccccc2)[C@@H]1OC(=O)c1ccccc1. The van der Waals surface area contributed by atoms with Crippen LogP contribution in [0.2, 0.25) is 0 Å². The topological polar surface area (TPSA) is 161 Å². The first-order valence-corrected chi connectivity index (χ1v) is 21.5. The van der Waals surface area contributed by atoms with E-state index >= 15 is 0 Å². The van der Waals surface area contributed by atoms with Crippen molar-refractivity contribution in [2.24, 2.45) is 5.92 Å². The van der Waals surface area contributed by atoms with E-state index in [4.69, 9.17) is 47.4 Å². The van der Waals surface area contributed by atoms with E-state index in [-0.39, 0.29) is 29.9 Å². The lowest BCUT2D eigenvalue weighted by Crippen LogP contribution is -2.66. The third kappa shape index (κ3) is 11.2. The van der Waals surface area contributed by atoms with Crippen LogP contribution in [0.1, 0.15) is 61.8 Å². The molecule has 8 rings (SSSR count). The van der Waals surface area contributed by atoms with Gasteiger partial charge in [0.1, 0.15) is 43.2 Å². The van der Waals surface area contributed by atoms with Gasteiger partial charge in [-0.15, -0.1) is 0 Å². The highest BCUT2D eigenvalue weighted by Gasteiger charge is 2.56. The fraction of sp³-hybridized carbons (Fsp3) is 0.333. The number of esters is 4. The molecule has 0 aliphatic carbocycles. The summed E-state index contributed by atoms with van der Waals surface area (Å²) in [5.41, 5.74) is 2.31. The molecular formula is C51H50O14. The van der Waals surface area contributed by atoms with Crippen LogP contribution in [0, 0.1) is 5.92 Å². The summed E-state index contributed by atoms with van der Waals surface area (Å²) >= 11 is 0. The van der Waals surface area contributed by atoms with Gasteiger partial charge in [0.2, 0.25) is 0 Å². The van der Waals surface area contributed by atoms with Gasteiger partial charge in [0.25, 0.3) is 0 Å². The molecule has 0 aromatic heterocycles. The predicted octanol–water partition coefficient (Wildman–Crippen LogP) is 7.07. The smallest absolute Gasteiger partial charge is 0.338 e. The molecule has 3 fully saturated rings. The van der Waals surface area contributed by atoms with Crippen molar-refractivity contribution >= 4 is 23.9 Å². The molecule has 3 saturated heterocycles. The van der Waals surface area contributed by atoms with E-state index in [1.54, 1.807) is 91.0 Å². The molecule has 5 aromatic rings. The molecule has 65 heavy (non-hydrogen) atoms. The molecule has 0 N–H and O–H groups in total. The fourth-order valence-electron chi connectivity index (χ4n) is 8.25. The van der Waals surface area contributed by atoms with Crippen molar-refractivity contribution < 1.29 is 66.5 Å². The highest BCUT2D eigenvalue weighted by molar-refractivity contribution is 5.90. The van der Waals surface area contributed by atoms with Crippen molar-refractivity contribution in [1.29, 1.82) is 0 Å².